The van der Waals surface area contributed by atoms with Crippen molar-refractivity contribution in [3.05, 3.63) is 59.9 Å². The molecule has 132 valence electrons. The van der Waals surface area contributed by atoms with Gasteiger partial charge < -0.3 is 19.3 Å². The van der Waals surface area contributed by atoms with Crippen LogP contribution < -0.4 is 0 Å². The minimum atomic E-state index is -0.705. The minimum absolute atomic E-state index is 0.141. The quantitative estimate of drug-likeness (QED) is 0.813. The lowest BCUT2D eigenvalue weighted by Crippen LogP contribution is -2.29. The predicted octanol–water partition coefficient (Wildman–Crippen LogP) is 2.71. The molecule has 1 aromatic heterocycles. The second-order valence-electron chi connectivity index (χ2n) is 6.19. The average Bonchev–Trinajstić information content (AvgIpc) is 3.02. The van der Waals surface area contributed by atoms with Gasteiger partial charge in [0.15, 0.2) is 5.79 Å². The van der Waals surface area contributed by atoms with E-state index in [4.69, 9.17) is 14.2 Å². The summed E-state index contributed by atoms with van der Waals surface area (Å²) in [5, 5.41) is 9.31. The summed E-state index contributed by atoms with van der Waals surface area (Å²) in [6.07, 6.45) is 4.22. The molecule has 1 aliphatic heterocycles. The highest BCUT2D eigenvalue weighted by Gasteiger charge is 2.37. The molecule has 0 radical (unpaired) electrons. The van der Waals surface area contributed by atoms with Gasteiger partial charge in [-0.3, -0.25) is 4.98 Å². The van der Waals surface area contributed by atoms with E-state index in [0.717, 1.165) is 12.0 Å². The highest BCUT2D eigenvalue weighted by molar-refractivity contribution is 5.88. The molecule has 3 rings (SSSR count). The van der Waals surface area contributed by atoms with E-state index in [1.54, 1.807) is 30.5 Å². The number of carbonyl (C=O) groups is 1. The molecule has 0 aliphatic carbocycles. The number of phenols is 1. The molecule has 0 saturated carbocycles. The molecule has 6 heteroatoms. The molecule has 25 heavy (non-hydrogen) atoms. The molecule has 1 fully saturated rings. The number of esters is 1. The molecule has 0 spiro atoms. The molecule has 0 amide bonds. The van der Waals surface area contributed by atoms with Crippen LogP contribution in [0.1, 0.15) is 29.3 Å². The van der Waals surface area contributed by atoms with E-state index in [2.05, 4.69) is 4.98 Å². The van der Waals surface area contributed by atoms with Gasteiger partial charge in [-0.1, -0.05) is 12.1 Å². The number of aromatic hydroxyl groups is 1. The van der Waals surface area contributed by atoms with Gasteiger partial charge in [-0.05, 0) is 43.2 Å². The first kappa shape index (κ1) is 17.4. The van der Waals surface area contributed by atoms with Crippen molar-refractivity contribution in [3.8, 4) is 5.75 Å². The zero-order valence-electron chi connectivity index (χ0n) is 14.1. The van der Waals surface area contributed by atoms with E-state index >= 15 is 0 Å². The number of hydrogen-bond donors (Lipinski definition) is 1. The SMILES string of the molecule is CC1(CCc2ccc(O)cc2)OCC(COC(=O)c2cccnc2)O1. The standard InChI is InChI=1S/C19H21NO5/c1-19(9-8-14-4-6-16(21)7-5-14)24-13-17(25-19)12-23-18(22)15-3-2-10-20-11-15/h2-7,10-11,17,21H,8-9,12-13H2,1H3. The van der Waals surface area contributed by atoms with Crippen LogP contribution in [0.3, 0.4) is 0 Å². The lowest BCUT2D eigenvalue weighted by atomic mass is 10.1. The maximum atomic E-state index is 11.9. The number of aromatic nitrogens is 1. The lowest BCUT2D eigenvalue weighted by Gasteiger charge is -2.23. The fourth-order valence-corrected chi connectivity index (χ4v) is 2.67. The molecule has 2 aromatic rings. The van der Waals surface area contributed by atoms with Gasteiger partial charge in [0.25, 0.3) is 0 Å². The normalized spacial score (nSPS) is 22.7. The first-order chi connectivity index (χ1) is 12.0. The Morgan fingerprint density at radius 2 is 2.16 bits per heavy atom. The predicted molar refractivity (Wildman–Crippen MR) is 90.2 cm³/mol. The Balaban J connectivity index is 1.45. The van der Waals surface area contributed by atoms with Gasteiger partial charge in [0.2, 0.25) is 0 Å². The smallest absolute Gasteiger partial charge is 0.339 e. The van der Waals surface area contributed by atoms with E-state index < -0.39 is 11.8 Å². The van der Waals surface area contributed by atoms with E-state index in [-0.39, 0.29) is 18.5 Å². The van der Waals surface area contributed by atoms with Crippen LogP contribution in [-0.2, 0) is 20.6 Å². The number of pyridine rings is 1. The molecule has 1 aromatic carbocycles. The first-order valence-corrected chi connectivity index (χ1v) is 8.21. The number of rotatable bonds is 6. The van der Waals surface area contributed by atoms with Crippen LogP contribution in [0.25, 0.3) is 0 Å². The minimum Gasteiger partial charge on any atom is -0.508 e. The Kier molecular flexibility index (Phi) is 5.31. The highest BCUT2D eigenvalue weighted by atomic mass is 16.7. The first-order valence-electron chi connectivity index (χ1n) is 8.21. The van der Waals surface area contributed by atoms with E-state index in [1.807, 2.05) is 19.1 Å². The van der Waals surface area contributed by atoms with Crippen LogP contribution in [0.5, 0.6) is 5.75 Å². The number of carbonyl (C=O) groups excluding carboxylic acids is 1. The number of ether oxygens (including phenoxy) is 3. The molecule has 2 heterocycles. The van der Waals surface area contributed by atoms with Crippen molar-refractivity contribution < 1.29 is 24.1 Å². The largest absolute Gasteiger partial charge is 0.508 e. The van der Waals surface area contributed by atoms with Crippen LogP contribution in [0, 0.1) is 0 Å². The van der Waals surface area contributed by atoms with Crippen molar-refractivity contribution in [2.45, 2.75) is 31.7 Å². The summed E-state index contributed by atoms with van der Waals surface area (Å²) in [5.41, 5.74) is 1.51. The maximum absolute atomic E-state index is 11.9. The van der Waals surface area contributed by atoms with E-state index in [1.165, 1.54) is 6.20 Å². The van der Waals surface area contributed by atoms with E-state index in [0.29, 0.717) is 18.6 Å². The van der Waals surface area contributed by atoms with Crippen LogP contribution in [0.2, 0.25) is 0 Å². The molecule has 1 aliphatic rings. The van der Waals surface area contributed by atoms with Crippen LogP contribution >= 0.6 is 0 Å². The number of phenolic OH excluding ortho intramolecular Hbond substituents is 1. The fourth-order valence-electron chi connectivity index (χ4n) is 2.67. The highest BCUT2D eigenvalue weighted by Crippen LogP contribution is 2.28. The van der Waals surface area contributed by atoms with Crippen LogP contribution in [0.15, 0.2) is 48.8 Å². The second kappa shape index (κ2) is 7.63. The van der Waals surface area contributed by atoms with Gasteiger partial charge >= 0.3 is 5.97 Å². The third-order valence-electron chi connectivity index (χ3n) is 4.09. The van der Waals surface area contributed by atoms with Gasteiger partial charge in [-0.15, -0.1) is 0 Å². The number of nitrogens with zero attached hydrogens (tertiary/aromatic N) is 1. The summed E-state index contributed by atoms with van der Waals surface area (Å²) in [4.78, 5) is 15.8. The third-order valence-corrected chi connectivity index (χ3v) is 4.09. The fraction of sp³-hybridized carbons (Fsp3) is 0.368. The van der Waals surface area contributed by atoms with Crippen molar-refractivity contribution in [1.29, 1.82) is 0 Å². The summed E-state index contributed by atoms with van der Waals surface area (Å²) >= 11 is 0. The topological polar surface area (TPSA) is 77.9 Å². The number of aryl methyl sites for hydroxylation is 1. The van der Waals surface area contributed by atoms with Crippen molar-refractivity contribution in [1.82, 2.24) is 4.98 Å². The summed E-state index contributed by atoms with van der Waals surface area (Å²) in [7, 11) is 0. The molecular weight excluding hydrogens is 322 g/mol. The second-order valence-corrected chi connectivity index (χ2v) is 6.19. The van der Waals surface area contributed by atoms with E-state index in [9.17, 15) is 9.90 Å². The van der Waals surface area contributed by atoms with Gasteiger partial charge in [0.05, 0.1) is 12.2 Å². The zero-order chi connectivity index (χ0) is 17.7. The van der Waals surface area contributed by atoms with Crippen LogP contribution in [0.4, 0.5) is 0 Å². The maximum Gasteiger partial charge on any atom is 0.339 e. The average molecular weight is 343 g/mol. The molecule has 6 nitrogen and oxygen atoms in total. The lowest BCUT2D eigenvalue weighted by molar-refractivity contribution is -0.161. The summed E-state index contributed by atoms with van der Waals surface area (Å²) in [5.74, 6) is -0.878. The molecule has 2 atom stereocenters. The van der Waals surface area contributed by atoms with Crippen molar-refractivity contribution in [2.75, 3.05) is 13.2 Å². The van der Waals surface area contributed by atoms with Gasteiger partial charge in [0, 0.05) is 18.8 Å². The van der Waals surface area contributed by atoms with Crippen LogP contribution in [-0.4, -0.2) is 41.2 Å². The zero-order valence-corrected chi connectivity index (χ0v) is 14.1. The monoisotopic (exact) mass is 343 g/mol. The number of benzene rings is 1. The molecule has 1 saturated heterocycles. The third kappa shape index (κ3) is 4.78. The summed E-state index contributed by atoms with van der Waals surface area (Å²) < 4.78 is 16.9. The van der Waals surface area contributed by atoms with Crippen molar-refractivity contribution in [2.24, 2.45) is 0 Å². The Bertz CT molecular complexity index is 704. The van der Waals surface area contributed by atoms with Gasteiger partial charge in [0.1, 0.15) is 18.5 Å². The molecular formula is C19H21NO5. The number of hydrogen-bond acceptors (Lipinski definition) is 6. The van der Waals surface area contributed by atoms with Gasteiger partial charge in [-0.2, -0.15) is 0 Å². The van der Waals surface area contributed by atoms with Crippen molar-refractivity contribution in [3.63, 3.8) is 0 Å². The Hall–Kier alpha value is -2.44. The Labute approximate surface area is 146 Å². The van der Waals surface area contributed by atoms with Gasteiger partial charge in [-0.25, -0.2) is 4.79 Å². The summed E-state index contributed by atoms with van der Waals surface area (Å²) in [6.45, 7) is 2.41. The summed E-state index contributed by atoms with van der Waals surface area (Å²) in [6, 6.07) is 10.4. The molecule has 1 N–H and O–H groups in total. The van der Waals surface area contributed by atoms with Crippen molar-refractivity contribution >= 4 is 5.97 Å². The Morgan fingerprint density at radius 3 is 2.88 bits per heavy atom. The Morgan fingerprint density at radius 1 is 1.36 bits per heavy atom. The molecule has 0 bridgehead atoms. The molecule has 2 unspecified atom stereocenters.